The Kier molecular flexibility index (Phi) is 4.47. The fourth-order valence-electron chi connectivity index (χ4n) is 4.31. The van der Waals surface area contributed by atoms with E-state index in [1.54, 1.807) is 6.33 Å². The molecule has 0 spiro atoms. The van der Waals surface area contributed by atoms with Gasteiger partial charge in [0.2, 0.25) is 0 Å². The molecule has 1 fully saturated rings. The fraction of sp³-hybridized carbons (Fsp3) is 0.115. The first-order chi connectivity index (χ1) is 16.2. The molecule has 7 heteroatoms. The topological polar surface area (TPSA) is 80.4 Å². The highest BCUT2D eigenvalue weighted by Crippen LogP contribution is 2.23. The van der Waals surface area contributed by atoms with Crippen LogP contribution in [-0.4, -0.2) is 32.4 Å². The van der Waals surface area contributed by atoms with E-state index < -0.39 is 6.04 Å². The van der Waals surface area contributed by atoms with Gasteiger partial charge in [-0.3, -0.25) is 14.3 Å². The Balaban J connectivity index is 1.17. The molecule has 6 rings (SSSR count). The predicted octanol–water partition coefficient (Wildman–Crippen LogP) is 4.43. The largest absolute Gasteiger partial charge is 0.461 e. The van der Waals surface area contributed by atoms with Crippen LogP contribution >= 0.6 is 0 Å². The number of nitrogens with zero attached hydrogens (tertiary/aromatic N) is 3. The zero-order valence-corrected chi connectivity index (χ0v) is 17.6. The van der Waals surface area contributed by atoms with E-state index in [0.717, 1.165) is 33.3 Å². The van der Waals surface area contributed by atoms with Crippen molar-refractivity contribution in [2.75, 3.05) is 0 Å². The molecule has 1 aliphatic heterocycles. The molecule has 162 valence electrons. The molecular weight excluding hydrogens is 416 g/mol. The van der Waals surface area contributed by atoms with Gasteiger partial charge in [-0.1, -0.05) is 42.5 Å². The third-order valence-electron chi connectivity index (χ3n) is 6.00. The summed E-state index contributed by atoms with van der Waals surface area (Å²) < 4.78 is 7.83. The second-order valence-electron chi connectivity index (χ2n) is 8.15. The van der Waals surface area contributed by atoms with Crippen LogP contribution in [0.4, 0.5) is 4.79 Å². The third kappa shape index (κ3) is 3.43. The van der Waals surface area contributed by atoms with Crippen molar-refractivity contribution in [3.05, 3.63) is 96.5 Å². The molecule has 1 unspecified atom stereocenters. The number of imidazole rings is 1. The van der Waals surface area contributed by atoms with Gasteiger partial charge in [0.1, 0.15) is 23.7 Å². The normalized spacial score (nSPS) is 16.1. The van der Waals surface area contributed by atoms with E-state index in [-0.39, 0.29) is 18.5 Å². The SMILES string of the molecule is O=C1NC(Cc2cc3ccccc3o2)C(=O)N1Cc1ccc(-n2cnc3ccccc32)cc1. The Morgan fingerprint density at radius 1 is 0.939 bits per heavy atom. The molecule has 0 saturated carbocycles. The molecule has 0 bridgehead atoms. The highest BCUT2D eigenvalue weighted by Gasteiger charge is 2.38. The van der Waals surface area contributed by atoms with Gasteiger partial charge in [0.25, 0.3) is 5.91 Å². The number of aromatic nitrogens is 2. The number of para-hydroxylation sites is 3. The number of imide groups is 1. The van der Waals surface area contributed by atoms with Crippen LogP contribution in [0.5, 0.6) is 0 Å². The number of nitrogens with one attached hydrogen (secondary N) is 1. The van der Waals surface area contributed by atoms with Crippen molar-refractivity contribution in [3.63, 3.8) is 0 Å². The number of amides is 3. The average molecular weight is 436 g/mol. The van der Waals surface area contributed by atoms with Gasteiger partial charge >= 0.3 is 6.03 Å². The minimum Gasteiger partial charge on any atom is -0.461 e. The van der Waals surface area contributed by atoms with Crippen LogP contribution in [0.15, 0.2) is 89.6 Å². The van der Waals surface area contributed by atoms with Gasteiger partial charge in [0, 0.05) is 17.5 Å². The van der Waals surface area contributed by atoms with Crippen LogP contribution in [0.2, 0.25) is 0 Å². The summed E-state index contributed by atoms with van der Waals surface area (Å²) in [5, 5.41) is 3.76. The van der Waals surface area contributed by atoms with Crippen molar-refractivity contribution in [3.8, 4) is 5.69 Å². The van der Waals surface area contributed by atoms with Crippen molar-refractivity contribution < 1.29 is 14.0 Å². The Labute approximate surface area is 189 Å². The quantitative estimate of drug-likeness (QED) is 0.413. The van der Waals surface area contributed by atoms with E-state index in [2.05, 4.69) is 10.3 Å². The van der Waals surface area contributed by atoms with E-state index in [9.17, 15) is 9.59 Å². The average Bonchev–Trinajstić information content (AvgIpc) is 3.52. The summed E-state index contributed by atoms with van der Waals surface area (Å²) in [4.78, 5) is 31.1. The number of rotatable bonds is 5. The molecule has 0 radical (unpaired) electrons. The molecular formula is C26H20N4O3. The fourth-order valence-corrected chi connectivity index (χ4v) is 4.31. The van der Waals surface area contributed by atoms with Crippen LogP contribution in [0.25, 0.3) is 27.7 Å². The van der Waals surface area contributed by atoms with E-state index in [0.29, 0.717) is 12.2 Å². The Hall–Kier alpha value is -4.39. The van der Waals surface area contributed by atoms with Gasteiger partial charge in [-0.15, -0.1) is 0 Å². The van der Waals surface area contributed by atoms with E-state index in [1.165, 1.54) is 4.90 Å². The number of carbonyl (C=O) groups excluding carboxylic acids is 2. The van der Waals surface area contributed by atoms with Crippen LogP contribution in [0, 0.1) is 0 Å². The van der Waals surface area contributed by atoms with Crippen molar-refractivity contribution in [1.29, 1.82) is 0 Å². The van der Waals surface area contributed by atoms with Crippen LogP contribution < -0.4 is 5.32 Å². The molecule has 33 heavy (non-hydrogen) atoms. The minimum atomic E-state index is -0.630. The lowest BCUT2D eigenvalue weighted by molar-refractivity contribution is -0.127. The number of hydrogen-bond donors (Lipinski definition) is 1. The number of fused-ring (bicyclic) bond motifs is 2. The van der Waals surface area contributed by atoms with Crippen molar-refractivity contribution in [1.82, 2.24) is 19.8 Å². The summed E-state index contributed by atoms with van der Waals surface area (Å²) in [5.74, 6) is 0.429. The molecule has 1 aliphatic rings. The highest BCUT2D eigenvalue weighted by atomic mass is 16.3. The van der Waals surface area contributed by atoms with E-state index in [1.807, 2.05) is 83.4 Å². The van der Waals surface area contributed by atoms with Crippen molar-refractivity contribution in [2.24, 2.45) is 0 Å². The standard InChI is InChI=1S/C26H20N4O3/c31-25-22(14-20-13-18-5-1-4-8-24(18)33-20)28-26(32)29(25)15-17-9-11-19(12-10-17)30-16-27-21-6-2-3-7-23(21)30/h1-13,16,22H,14-15H2,(H,28,32). The summed E-state index contributed by atoms with van der Waals surface area (Å²) in [6.45, 7) is 0.215. The first kappa shape index (κ1) is 19.3. The Morgan fingerprint density at radius 3 is 2.58 bits per heavy atom. The van der Waals surface area contributed by atoms with Gasteiger partial charge in [-0.2, -0.15) is 0 Å². The third-order valence-corrected chi connectivity index (χ3v) is 6.00. The molecule has 3 aromatic carbocycles. The number of furan rings is 1. The van der Waals surface area contributed by atoms with Gasteiger partial charge in [0.05, 0.1) is 17.6 Å². The summed E-state index contributed by atoms with van der Waals surface area (Å²) in [7, 11) is 0. The number of urea groups is 1. The number of carbonyl (C=O) groups is 2. The summed E-state index contributed by atoms with van der Waals surface area (Å²) in [6.07, 6.45) is 2.11. The Bertz CT molecular complexity index is 1470. The lowest BCUT2D eigenvalue weighted by atomic mass is 10.1. The molecule has 3 amide bonds. The number of hydrogen-bond acceptors (Lipinski definition) is 4. The molecule has 1 atom stereocenters. The minimum absolute atomic E-state index is 0.215. The maximum Gasteiger partial charge on any atom is 0.325 e. The maximum atomic E-state index is 12.9. The van der Waals surface area contributed by atoms with Crippen LogP contribution in [0.1, 0.15) is 11.3 Å². The van der Waals surface area contributed by atoms with Gasteiger partial charge in [-0.25, -0.2) is 9.78 Å². The number of benzene rings is 3. The Morgan fingerprint density at radius 2 is 1.73 bits per heavy atom. The molecule has 1 saturated heterocycles. The monoisotopic (exact) mass is 436 g/mol. The zero-order valence-electron chi connectivity index (χ0n) is 17.6. The van der Waals surface area contributed by atoms with Crippen LogP contribution in [-0.2, 0) is 17.8 Å². The highest BCUT2D eigenvalue weighted by molar-refractivity contribution is 6.04. The summed E-state index contributed by atoms with van der Waals surface area (Å²) in [6, 6.07) is 24.3. The van der Waals surface area contributed by atoms with Crippen molar-refractivity contribution >= 4 is 33.9 Å². The first-order valence-electron chi connectivity index (χ1n) is 10.8. The zero-order chi connectivity index (χ0) is 22.4. The molecule has 7 nitrogen and oxygen atoms in total. The molecule has 0 aliphatic carbocycles. The van der Waals surface area contributed by atoms with Crippen LogP contribution in [0.3, 0.4) is 0 Å². The second kappa shape index (κ2) is 7.63. The van der Waals surface area contributed by atoms with Gasteiger partial charge < -0.3 is 9.73 Å². The van der Waals surface area contributed by atoms with Gasteiger partial charge in [-0.05, 0) is 42.0 Å². The molecule has 2 aromatic heterocycles. The molecule has 1 N–H and O–H groups in total. The first-order valence-corrected chi connectivity index (χ1v) is 10.8. The molecule has 5 aromatic rings. The summed E-state index contributed by atoms with van der Waals surface area (Å²) in [5.41, 5.74) is 4.56. The lowest BCUT2D eigenvalue weighted by Crippen LogP contribution is -2.32. The smallest absolute Gasteiger partial charge is 0.325 e. The lowest BCUT2D eigenvalue weighted by Gasteiger charge is -2.13. The predicted molar refractivity (Wildman–Crippen MR) is 124 cm³/mol. The van der Waals surface area contributed by atoms with E-state index >= 15 is 0 Å². The maximum absolute atomic E-state index is 12.9. The molecule has 3 heterocycles. The van der Waals surface area contributed by atoms with Crippen molar-refractivity contribution in [2.45, 2.75) is 19.0 Å². The van der Waals surface area contributed by atoms with E-state index in [4.69, 9.17) is 4.42 Å². The summed E-state index contributed by atoms with van der Waals surface area (Å²) >= 11 is 0. The second-order valence-corrected chi connectivity index (χ2v) is 8.15. The van der Waals surface area contributed by atoms with Gasteiger partial charge in [0.15, 0.2) is 0 Å².